The number of carbonyl (C=O) groups is 2. The van der Waals surface area contributed by atoms with E-state index in [1.807, 2.05) is 6.92 Å². The molecule has 0 fully saturated rings. The molecule has 27 heavy (non-hydrogen) atoms. The summed E-state index contributed by atoms with van der Waals surface area (Å²) in [5.41, 5.74) is 0. The number of anilines is 1. The highest BCUT2D eigenvalue weighted by Crippen LogP contribution is 2.41. The molecule has 3 heterocycles. The molecule has 0 aliphatic carbocycles. The lowest BCUT2D eigenvalue weighted by atomic mass is 10.1. The number of Topliss-reactive ketones (excluding diaryl/α,β-unsaturated/α-hetero) is 1. The Kier molecular flexibility index (Phi) is 4.35. The van der Waals surface area contributed by atoms with Gasteiger partial charge in [-0.25, -0.2) is 13.4 Å². The lowest BCUT2D eigenvalue weighted by Crippen LogP contribution is -2.52. The molecule has 4 rings (SSSR count). The molecule has 1 unspecified atom stereocenters. The minimum Gasteiger partial charge on any atom is -0.300 e. The van der Waals surface area contributed by atoms with Crippen LogP contribution < -0.4 is 5.32 Å². The molecule has 1 aliphatic rings. The average molecular weight is 442 g/mol. The number of nitrogens with zero attached hydrogens (tertiary/aromatic N) is 2. The fourth-order valence-electron chi connectivity index (χ4n) is 2.91. The topological polar surface area (TPSA) is 96.4 Å². The van der Waals surface area contributed by atoms with Gasteiger partial charge in [0.1, 0.15) is 4.90 Å². The molecule has 0 saturated carbocycles. The van der Waals surface area contributed by atoms with Crippen molar-refractivity contribution in [2.45, 2.75) is 17.9 Å². The van der Waals surface area contributed by atoms with Crippen LogP contribution in [-0.2, 0) is 14.8 Å². The Labute approximate surface area is 167 Å². The molecule has 0 radical (unpaired) electrons. The standard InChI is InChI=1S/C16H12ClN3O4S3/c1-7-6-18-16(25-7)19-15(22)11-12(21)13-14(27(23,24)20(11)2)9-4-3-8(17)5-10(9)26-13/h3-6,11H,1-2H3,(H,18,19,22). The average Bonchev–Trinajstić information content (AvgIpc) is 3.17. The Hall–Kier alpha value is -1.85. The zero-order valence-corrected chi connectivity index (χ0v) is 17.2. The molecule has 0 saturated heterocycles. The van der Waals surface area contributed by atoms with Gasteiger partial charge in [-0.15, -0.1) is 22.7 Å². The summed E-state index contributed by atoms with van der Waals surface area (Å²) in [5, 5.41) is 3.70. The molecule has 1 atom stereocenters. The number of carbonyl (C=O) groups excluding carboxylic acids is 2. The maximum Gasteiger partial charge on any atom is 0.252 e. The molecular formula is C16H12ClN3O4S3. The second-order valence-electron chi connectivity index (χ2n) is 5.95. The second kappa shape index (κ2) is 6.35. The first-order valence-corrected chi connectivity index (χ1v) is 11.1. The molecule has 7 nitrogen and oxygen atoms in total. The molecule has 1 aliphatic heterocycles. The normalized spacial score (nSPS) is 19.2. The predicted octanol–water partition coefficient (Wildman–Crippen LogP) is 3.14. The summed E-state index contributed by atoms with van der Waals surface area (Å²) in [6.07, 6.45) is 1.58. The highest BCUT2D eigenvalue weighted by Gasteiger charge is 2.47. The molecule has 1 aromatic carbocycles. The van der Waals surface area contributed by atoms with E-state index >= 15 is 0 Å². The third kappa shape index (κ3) is 2.88. The van der Waals surface area contributed by atoms with Gasteiger partial charge in [-0.1, -0.05) is 17.7 Å². The van der Waals surface area contributed by atoms with Gasteiger partial charge in [0.15, 0.2) is 11.2 Å². The maximum absolute atomic E-state index is 13.0. The van der Waals surface area contributed by atoms with Crippen molar-refractivity contribution in [2.75, 3.05) is 12.4 Å². The number of hydrogen-bond acceptors (Lipinski definition) is 7. The molecule has 2 aromatic heterocycles. The number of thiophene rings is 1. The van der Waals surface area contributed by atoms with Gasteiger partial charge >= 0.3 is 0 Å². The number of aryl methyl sites for hydroxylation is 1. The van der Waals surface area contributed by atoms with Gasteiger partial charge in [0.2, 0.25) is 15.8 Å². The van der Waals surface area contributed by atoms with E-state index in [9.17, 15) is 18.0 Å². The SMILES string of the molecule is Cc1cnc(NC(=O)C2C(=O)c3sc4cc(Cl)ccc4c3S(=O)(=O)N2C)s1. The number of ketones is 1. The van der Waals surface area contributed by atoms with Crippen LogP contribution in [0.25, 0.3) is 10.1 Å². The molecule has 1 N–H and O–H groups in total. The number of fused-ring (bicyclic) bond motifs is 3. The van der Waals surface area contributed by atoms with Gasteiger partial charge in [-0.05, 0) is 19.1 Å². The van der Waals surface area contributed by atoms with E-state index in [0.717, 1.165) is 20.5 Å². The number of sulfonamides is 1. The van der Waals surface area contributed by atoms with E-state index in [-0.39, 0.29) is 9.77 Å². The fourth-order valence-corrected chi connectivity index (χ4v) is 6.97. The Morgan fingerprint density at radius 3 is 2.74 bits per heavy atom. The number of benzene rings is 1. The van der Waals surface area contributed by atoms with Crippen LogP contribution in [0.15, 0.2) is 29.3 Å². The number of halogens is 1. The van der Waals surface area contributed by atoms with Crippen LogP contribution in [0.4, 0.5) is 5.13 Å². The highest BCUT2D eigenvalue weighted by molar-refractivity contribution is 7.89. The van der Waals surface area contributed by atoms with Gasteiger partial charge in [-0.2, -0.15) is 4.31 Å². The van der Waals surface area contributed by atoms with Crippen molar-refractivity contribution in [3.63, 3.8) is 0 Å². The molecule has 3 aromatic rings. The Morgan fingerprint density at radius 1 is 1.33 bits per heavy atom. The number of amides is 1. The number of thiazole rings is 1. The summed E-state index contributed by atoms with van der Waals surface area (Å²) >= 11 is 8.25. The van der Waals surface area contributed by atoms with Crippen molar-refractivity contribution in [3.05, 3.63) is 39.2 Å². The minimum atomic E-state index is -4.03. The summed E-state index contributed by atoms with van der Waals surface area (Å²) in [6.45, 7) is 1.82. The van der Waals surface area contributed by atoms with Crippen molar-refractivity contribution in [1.82, 2.24) is 9.29 Å². The number of aromatic nitrogens is 1. The summed E-state index contributed by atoms with van der Waals surface area (Å²) in [6, 6.07) is 3.26. The van der Waals surface area contributed by atoms with Crippen LogP contribution in [-0.4, -0.2) is 42.5 Å². The van der Waals surface area contributed by atoms with E-state index in [1.54, 1.807) is 24.4 Å². The summed E-state index contributed by atoms with van der Waals surface area (Å²) in [4.78, 5) is 30.6. The number of nitrogens with one attached hydrogen (secondary N) is 1. The molecule has 11 heteroatoms. The molecule has 140 valence electrons. The van der Waals surface area contributed by atoms with Crippen LogP contribution >= 0.6 is 34.3 Å². The molecule has 0 spiro atoms. The first-order chi connectivity index (χ1) is 12.7. The van der Waals surface area contributed by atoms with Gasteiger partial charge in [0.05, 0.1) is 4.88 Å². The summed E-state index contributed by atoms with van der Waals surface area (Å²) in [5.74, 6) is -1.30. The predicted molar refractivity (Wildman–Crippen MR) is 105 cm³/mol. The van der Waals surface area contributed by atoms with Crippen LogP contribution in [0.3, 0.4) is 0 Å². The Morgan fingerprint density at radius 2 is 2.07 bits per heavy atom. The quantitative estimate of drug-likeness (QED) is 0.616. The van der Waals surface area contributed by atoms with Crippen molar-refractivity contribution in [3.8, 4) is 0 Å². The Balaban J connectivity index is 1.82. The van der Waals surface area contributed by atoms with Gasteiger partial charge in [0.25, 0.3) is 5.91 Å². The molecule has 1 amide bonds. The molecular weight excluding hydrogens is 430 g/mol. The fraction of sp³-hybridized carbons (Fsp3) is 0.188. The second-order valence-corrected chi connectivity index (χ2v) is 10.6. The zero-order chi connectivity index (χ0) is 19.5. The Bertz CT molecular complexity index is 1210. The van der Waals surface area contributed by atoms with Gasteiger partial charge < -0.3 is 5.32 Å². The highest BCUT2D eigenvalue weighted by atomic mass is 35.5. The van der Waals surface area contributed by atoms with Crippen molar-refractivity contribution >= 4 is 71.2 Å². The third-order valence-electron chi connectivity index (χ3n) is 4.18. The first-order valence-electron chi connectivity index (χ1n) is 7.68. The van der Waals surface area contributed by atoms with E-state index in [1.165, 1.54) is 18.4 Å². The van der Waals surface area contributed by atoms with Gasteiger partial charge in [-0.3, -0.25) is 9.59 Å². The van der Waals surface area contributed by atoms with Crippen molar-refractivity contribution < 1.29 is 18.0 Å². The maximum atomic E-state index is 13.0. The summed E-state index contributed by atoms with van der Waals surface area (Å²) in [7, 11) is -2.80. The largest absolute Gasteiger partial charge is 0.300 e. The minimum absolute atomic E-state index is 0.0424. The van der Waals surface area contributed by atoms with Crippen LogP contribution in [0.5, 0.6) is 0 Å². The van der Waals surface area contributed by atoms with Crippen molar-refractivity contribution in [1.29, 1.82) is 0 Å². The van der Waals surface area contributed by atoms with E-state index in [0.29, 0.717) is 20.2 Å². The van der Waals surface area contributed by atoms with Gasteiger partial charge in [0, 0.05) is 33.2 Å². The van der Waals surface area contributed by atoms with E-state index < -0.39 is 27.8 Å². The lowest BCUT2D eigenvalue weighted by molar-refractivity contribution is -0.118. The lowest BCUT2D eigenvalue weighted by Gasteiger charge is -2.29. The smallest absolute Gasteiger partial charge is 0.252 e. The van der Waals surface area contributed by atoms with E-state index in [2.05, 4.69) is 10.3 Å². The number of rotatable bonds is 2. The van der Waals surface area contributed by atoms with Crippen LogP contribution in [0, 0.1) is 6.92 Å². The van der Waals surface area contributed by atoms with Crippen molar-refractivity contribution in [2.24, 2.45) is 0 Å². The molecule has 0 bridgehead atoms. The first kappa shape index (κ1) is 18.5. The van der Waals surface area contributed by atoms with Crippen LogP contribution in [0.1, 0.15) is 14.5 Å². The third-order valence-corrected chi connectivity index (χ3v) is 8.45. The monoisotopic (exact) mass is 441 g/mol. The zero-order valence-electron chi connectivity index (χ0n) is 14.0. The number of likely N-dealkylation sites (N-methyl/N-ethyl adjacent to an activating group) is 1. The van der Waals surface area contributed by atoms with E-state index in [4.69, 9.17) is 11.6 Å². The number of hydrogen-bond donors (Lipinski definition) is 1. The summed E-state index contributed by atoms with van der Waals surface area (Å²) < 4.78 is 27.5. The van der Waals surface area contributed by atoms with Crippen LogP contribution in [0.2, 0.25) is 5.02 Å².